The van der Waals surface area contributed by atoms with Crippen LogP contribution in [0.25, 0.3) is 11.5 Å². The maximum atomic E-state index is 11.9. The Labute approximate surface area is 161 Å². The standard InChI is InChI=1S/C20H20N2O6/c1-25-15-7-5-14(6-8-15)20-21-18(22-28-20)12-27-19(24)10-4-13-3-9-17(26-2)16(23)11-13/h3,5-9,11,23H,4,10,12H2,1-2H3. The summed E-state index contributed by atoms with van der Waals surface area (Å²) >= 11 is 0. The summed E-state index contributed by atoms with van der Waals surface area (Å²) in [6.07, 6.45) is 0.592. The van der Waals surface area contributed by atoms with E-state index < -0.39 is 5.97 Å². The van der Waals surface area contributed by atoms with Crippen LogP contribution in [0, 0.1) is 0 Å². The van der Waals surface area contributed by atoms with Crippen LogP contribution in [-0.4, -0.2) is 35.4 Å². The number of ether oxygens (including phenoxy) is 3. The molecule has 1 aromatic heterocycles. The Bertz CT molecular complexity index is 936. The molecule has 3 rings (SSSR count). The maximum Gasteiger partial charge on any atom is 0.306 e. The molecule has 0 aliphatic rings. The van der Waals surface area contributed by atoms with Crippen LogP contribution in [0.2, 0.25) is 0 Å². The average molecular weight is 384 g/mol. The minimum Gasteiger partial charge on any atom is -0.504 e. The van der Waals surface area contributed by atoms with Gasteiger partial charge in [0.15, 0.2) is 18.1 Å². The maximum absolute atomic E-state index is 11.9. The van der Waals surface area contributed by atoms with Gasteiger partial charge in [0.2, 0.25) is 5.82 Å². The SMILES string of the molecule is COc1ccc(-c2nc(COC(=O)CCc3ccc(OC)c(O)c3)no2)cc1. The van der Waals surface area contributed by atoms with Crippen molar-refractivity contribution in [1.82, 2.24) is 10.1 Å². The molecule has 2 aromatic carbocycles. The fraction of sp³-hybridized carbons (Fsp3) is 0.250. The second-order valence-corrected chi connectivity index (χ2v) is 5.91. The Kier molecular flexibility index (Phi) is 6.11. The molecule has 0 unspecified atom stereocenters. The van der Waals surface area contributed by atoms with Crippen molar-refractivity contribution < 1.29 is 28.6 Å². The Morgan fingerprint density at radius 2 is 1.89 bits per heavy atom. The number of benzene rings is 2. The lowest BCUT2D eigenvalue weighted by atomic mass is 10.1. The van der Waals surface area contributed by atoms with Crippen LogP contribution in [0.5, 0.6) is 17.2 Å². The Balaban J connectivity index is 1.49. The van der Waals surface area contributed by atoms with E-state index in [4.69, 9.17) is 18.7 Å². The molecule has 0 amide bonds. The van der Waals surface area contributed by atoms with Gasteiger partial charge in [-0.3, -0.25) is 4.79 Å². The fourth-order valence-corrected chi connectivity index (χ4v) is 2.52. The number of esters is 1. The van der Waals surface area contributed by atoms with E-state index in [0.29, 0.717) is 18.1 Å². The summed E-state index contributed by atoms with van der Waals surface area (Å²) < 4.78 is 20.5. The first-order valence-electron chi connectivity index (χ1n) is 8.57. The van der Waals surface area contributed by atoms with Gasteiger partial charge in [0, 0.05) is 12.0 Å². The molecule has 1 N–H and O–H groups in total. The highest BCUT2D eigenvalue weighted by molar-refractivity contribution is 5.69. The molecule has 0 bridgehead atoms. The van der Waals surface area contributed by atoms with Crippen molar-refractivity contribution in [3.63, 3.8) is 0 Å². The number of phenols is 1. The summed E-state index contributed by atoms with van der Waals surface area (Å²) in [6, 6.07) is 12.2. The van der Waals surface area contributed by atoms with Crippen molar-refractivity contribution in [3.8, 4) is 28.7 Å². The molecule has 28 heavy (non-hydrogen) atoms. The fourth-order valence-electron chi connectivity index (χ4n) is 2.52. The van der Waals surface area contributed by atoms with E-state index in [0.717, 1.165) is 16.9 Å². The number of methoxy groups -OCH3 is 2. The Morgan fingerprint density at radius 1 is 1.11 bits per heavy atom. The van der Waals surface area contributed by atoms with Crippen LogP contribution in [-0.2, 0) is 22.6 Å². The summed E-state index contributed by atoms with van der Waals surface area (Å²) in [6.45, 7) is -0.0770. The first-order chi connectivity index (χ1) is 13.6. The summed E-state index contributed by atoms with van der Waals surface area (Å²) in [5.74, 6) is 1.36. The monoisotopic (exact) mass is 384 g/mol. The van der Waals surface area contributed by atoms with Crippen molar-refractivity contribution in [3.05, 3.63) is 53.9 Å². The van der Waals surface area contributed by atoms with Gasteiger partial charge in [-0.25, -0.2) is 0 Å². The number of aryl methyl sites for hydroxylation is 1. The third kappa shape index (κ3) is 4.79. The molecule has 0 saturated heterocycles. The molecule has 0 atom stereocenters. The molecule has 0 fully saturated rings. The van der Waals surface area contributed by atoms with E-state index in [-0.39, 0.29) is 24.6 Å². The second kappa shape index (κ2) is 8.90. The predicted octanol–water partition coefficient (Wildman–Crippen LogP) is 3.14. The molecule has 0 saturated carbocycles. The number of nitrogens with zero attached hydrogens (tertiary/aromatic N) is 2. The normalized spacial score (nSPS) is 10.5. The number of carbonyl (C=O) groups is 1. The average Bonchev–Trinajstić information content (AvgIpc) is 3.20. The zero-order valence-corrected chi connectivity index (χ0v) is 15.5. The molecule has 3 aromatic rings. The van der Waals surface area contributed by atoms with Gasteiger partial charge in [0.1, 0.15) is 5.75 Å². The summed E-state index contributed by atoms with van der Waals surface area (Å²) in [7, 11) is 3.07. The molecule has 8 nitrogen and oxygen atoms in total. The number of aromatic hydroxyl groups is 1. The van der Waals surface area contributed by atoms with E-state index in [1.165, 1.54) is 7.11 Å². The van der Waals surface area contributed by atoms with Crippen molar-refractivity contribution >= 4 is 5.97 Å². The first kappa shape index (κ1) is 19.2. The topological polar surface area (TPSA) is 104 Å². The number of hydrogen-bond donors (Lipinski definition) is 1. The van der Waals surface area contributed by atoms with E-state index in [1.54, 1.807) is 49.6 Å². The Morgan fingerprint density at radius 3 is 2.57 bits per heavy atom. The number of phenolic OH excluding ortho intramolecular Hbond substituents is 1. The molecule has 8 heteroatoms. The quantitative estimate of drug-likeness (QED) is 0.591. The van der Waals surface area contributed by atoms with Gasteiger partial charge < -0.3 is 23.8 Å². The molecular formula is C20H20N2O6. The summed E-state index contributed by atoms with van der Waals surface area (Å²) in [5.41, 5.74) is 1.54. The summed E-state index contributed by atoms with van der Waals surface area (Å²) in [4.78, 5) is 16.1. The third-order valence-electron chi connectivity index (χ3n) is 4.03. The smallest absolute Gasteiger partial charge is 0.306 e. The van der Waals surface area contributed by atoms with Crippen LogP contribution in [0.15, 0.2) is 47.0 Å². The van der Waals surface area contributed by atoms with Gasteiger partial charge in [-0.05, 0) is 48.4 Å². The van der Waals surface area contributed by atoms with Crippen molar-refractivity contribution in [1.29, 1.82) is 0 Å². The van der Waals surface area contributed by atoms with Crippen LogP contribution in [0.1, 0.15) is 17.8 Å². The van der Waals surface area contributed by atoms with Crippen LogP contribution in [0.4, 0.5) is 0 Å². The zero-order chi connectivity index (χ0) is 19.9. The lowest BCUT2D eigenvalue weighted by Gasteiger charge is -2.06. The van der Waals surface area contributed by atoms with Crippen LogP contribution < -0.4 is 9.47 Å². The number of hydrogen-bond acceptors (Lipinski definition) is 8. The van der Waals surface area contributed by atoms with Crippen molar-refractivity contribution in [2.24, 2.45) is 0 Å². The van der Waals surface area contributed by atoms with E-state index in [9.17, 15) is 9.90 Å². The van der Waals surface area contributed by atoms with Crippen molar-refractivity contribution in [2.75, 3.05) is 14.2 Å². The molecule has 146 valence electrons. The number of aromatic nitrogens is 2. The van der Waals surface area contributed by atoms with Crippen LogP contribution in [0.3, 0.4) is 0 Å². The van der Waals surface area contributed by atoms with E-state index in [1.807, 2.05) is 0 Å². The van der Waals surface area contributed by atoms with Gasteiger partial charge in [-0.15, -0.1) is 0 Å². The largest absolute Gasteiger partial charge is 0.504 e. The van der Waals surface area contributed by atoms with Gasteiger partial charge >= 0.3 is 5.97 Å². The highest BCUT2D eigenvalue weighted by atomic mass is 16.5. The van der Waals surface area contributed by atoms with Gasteiger partial charge in [-0.1, -0.05) is 11.2 Å². The van der Waals surface area contributed by atoms with E-state index in [2.05, 4.69) is 10.1 Å². The lowest BCUT2D eigenvalue weighted by molar-refractivity contribution is -0.145. The molecule has 0 aliphatic carbocycles. The molecule has 0 spiro atoms. The van der Waals surface area contributed by atoms with Crippen LogP contribution >= 0.6 is 0 Å². The number of carbonyl (C=O) groups excluding carboxylic acids is 1. The predicted molar refractivity (Wildman–Crippen MR) is 99.1 cm³/mol. The van der Waals surface area contributed by atoms with Gasteiger partial charge in [0.05, 0.1) is 14.2 Å². The molecular weight excluding hydrogens is 364 g/mol. The minimum atomic E-state index is -0.397. The van der Waals surface area contributed by atoms with Gasteiger partial charge in [-0.2, -0.15) is 4.98 Å². The summed E-state index contributed by atoms with van der Waals surface area (Å²) in [5, 5.41) is 13.6. The van der Waals surface area contributed by atoms with E-state index >= 15 is 0 Å². The first-order valence-corrected chi connectivity index (χ1v) is 8.57. The Hall–Kier alpha value is -3.55. The highest BCUT2D eigenvalue weighted by Gasteiger charge is 2.12. The second-order valence-electron chi connectivity index (χ2n) is 5.91. The van der Waals surface area contributed by atoms with Gasteiger partial charge in [0.25, 0.3) is 5.89 Å². The molecule has 1 heterocycles. The molecule has 0 radical (unpaired) electrons. The van der Waals surface area contributed by atoms with Crippen molar-refractivity contribution in [2.45, 2.75) is 19.4 Å². The highest BCUT2D eigenvalue weighted by Crippen LogP contribution is 2.26. The lowest BCUT2D eigenvalue weighted by Crippen LogP contribution is -2.06. The molecule has 0 aliphatic heterocycles. The number of rotatable bonds is 8. The third-order valence-corrected chi connectivity index (χ3v) is 4.03. The zero-order valence-electron chi connectivity index (χ0n) is 15.5. The minimum absolute atomic E-state index is 0.0335.